The van der Waals surface area contributed by atoms with Gasteiger partial charge in [-0.2, -0.15) is 5.10 Å². The van der Waals surface area contributed by atoms with E-state index in [1.54, 1.807) is 20.2 Å². The lowest BCUT2D eigenvalue weighted by Crippen LogP contribution is -2.38. The molecule has 0 unspecified atom stereocenters. The highest BCUT2D eigenvalue weighted by molar-refractivity contribution is 14.0. The second-order valence-electron chi connectivity index (χ2n) is 5.98. The van der Waals surface area contributed by atoms with Gasteiger partial charge in [-0.25, -0.2) is 13.1 Å². The quantitative estimate of drug-likeness (QED) is 0.191. The molecule has 0 spiro atoms. The number of aromatic nitrogens is 2. The summed E-state index contributed by atoms with van der Waals surface area (Å²) in [7, 11) is -1.42. The normalized spacial score (nSPS) is 11.7. The smallest absolute Gasteiger partial charge is 0.211 e. The molecule has 2 rings (SSSR count). The molecule has 0 fully saturated rings. The highest BCUT2D eigenvalue weighted by Crippen LogP contribution is 2.10. The van der Waals surface area contributed by atoms with Crippen molar-refractivity contribution in [2.24, 2.45) is 4.99 Å². The van der Waals surface area contributed by atoms with Gasteiger partial charge in [-0.05, 0) is 30.5 Å². The van der Waals surface area contributed by atoms with E-state index in [1.807, 2.05) is 29.1 Å². The number of hydrogen-bond acceptors (Lipinski definition) is 4. The molecule has 0 bridgehead atoms. The van der Waals surface area contributed by atoms with E-state index in [0.29, 0.717) is 38.6 Å². The standard InChI is InChI=1S/C18H28N6O2S.HI/c1-3-27(25,26)23-12-6-10-20-18(19-2)21-14-16-8-4-5-9-17(16)15-24-13-7-11-22-24;/h4-5,7-9,11,13,23H,3,6,10,12,14-15H2,1-2H3,(H2,19,20,21);1H. The zero-order valence-electron chi connectivity index (χ0n) is 16.3. The SMILES string of the molecule is CCS(=O)(=O)NCCCNC(=NC)NCc1ccccc1Cn1cccn1.I. The summed E-state index contributed by atoms with van der Waals surface area (Å²) < 4.78 is 27.2. The zero-order valence-corrected chi connectivity index (χ0v) is 19.4. The van der Waals surface area contributed by atoms with E-state index in [4.69, 9.17) is 0 Å². The van der Waals surface area contributed by atoms with E-state index in [1.165, 1.54) is 11.1 Å². The molecule has 0 aliphatic heterocycles. The second kappa shape index (κ2) is 12.7. The van der Waals surface area contributed by atoms with Crippen molar-refractivity contribution in [2.75, 3.05) is 25.9 Å². The Balaban J connectivity index is 0.00000392. The fourth-order valence-corrected chi connectivity index (χ4v) is 3.14. The Morgan fingerprint density at radius 3 is 2.54 bits per heavy atom. The van der Waals surface area contributed by atoms with Gasteiger partial charge in [0.2, 0.25) is 10.0 Å². The van der Waals surface area contributed by atoms with Crippen molar-refractivity contribution in [3.63, 3.8) is 0 Å². The van der Waals surface area contributed by atoms with E-state index >= 15 is 0 Å². The highest BCUT2D eigenvalue weighted by atomic mass is 127. The summed E-state index contributed by atoms with van der Waals surface area (Å²) >= 11 is 0. The van der Waals surface area contributed by atoms with Crippen molar-refractivity contribution in [1.29, 1.82) is 0 Å². The van der Waals surface area contributed by atoms with Gasteiger partial charge in [0.25, 0.3) is 0 Å². The molecule has 0 aliphatic rings. The van der Waals surface area contributed by atoms with E-state index in [2.05, 4.69) is 37.6 Å². The molecule has 0 saturated carbocycles. The topological polar surface area (TPSA) is 100 Å². The zero-order chi connectivity index (χ0) is 19.5. The van der Waals surface area contributed by atoms with Crippen LogP contribution in [0.2, 0.25) is 0 Å². The lowest BCUT2D eigenvalue weighted by Gasteiger charge is -2.14. The minimum absolute atomic E-state index is 0. The van der Waals surface area contributed by atoms with Gasteiger partial charge in [0, 0.05) is 39.1 Å². The monoisotopic (exact) mass is 520 g/mol. The van der Waals surface area contributed by atoms with Crippen molar-refractivity contribution in [2.45, 2.75) is 26.4 Å². The summed E-state index contributed by atoms with van der Waals surface area (Å²) in [4.78, 5) is 4.21. The summed E-state index contributed by atoms with van der Waals surface area (Å²) in [5.41, 5.74) is 2.37. The molecule has 28 heavy (non-hydrogen) atoms. The van der Waals surface area contributed by atoms with Crippen LogP contribution in [0.4, 0.5) is 0 Å². The third-order valence-corrected chi connectivity index (χ3v) is 5.43. The first kappa shape index (κ1) is 24.4. The van der Waals surface area contributed by atoms with E-state index in [9.17, 15) is 8.42 Å². The molecule has 1 aromatic carbocycles. The molecule has 8 nitrogen and oxygen atoms in total. The van der Waals surface area contributed by atoms with Crippen LogP contribution in [0.1, 0.15) is 24.5 Å². The maximum absolute atomic E-state index is 11.4. The largest absolute Gasteiger partial charge is 0.356 e. The number of nitrogens with zero attached hydrogens (tertiary/aromatic N) is 3. The number of guanidine groups is 1. The number of sulfonamides is 1. The average Bonchev–Trinajstić information content (AvgIpc) is 3.18. The van der Waals surface area contributed by atoms with Gasteiger partial charge >= 0.3 is 0 Å². The number of halogens is 1. The van der Waals surface area contributed by atoms with Crippen molar-refractivity contribution >= 4 is 40.0 Å². The van der Waals surface area contributed by atoms with Crippen LogP contribution in [0, 0.1) is 0 Å². The molecule has 0 amide bonds. The summed E-state index contributed by atoms with van der Waals surface area (Å²) in [5, 5.41) is 10.7. The molecule has 1 heterocycles. The highest BCUT2D eigenvalue weighted by Gasteiger charge is 2.06. The van der Waals surface area contributed by atoms with E-state index < -0.39 is 10.0 Å². The van der Waals surface area contributed by atoms with Crippen LogP contribution in [0.3, 0.4) is 0 Å². The number of aliphatic imine (C=N–C) groups is 1. The van der Waals surface area contributed by atoms with Crippen molar-refractivity contribution in [1.82, 2.24) is 25.1 Å². The van der Waals surface area contributed by atoms with Gasteiger partial charge < -0.3 is 10.6 Å². The first-order valence-corrected chi connectivity index (χ1v) is 10.7. The van der Waals surface area contributed by atoms with Crippen LogP contribution in [0.25, 0.3) is 0 Å². The van der Waals surface area contributed by atoms with Crippen LogP contribution in [-0.2, 0) is 23.1 Å². The molecular weight excluding hydrogens is 491 g/mol. The first-order chi connectivity index (χ1) is 13.0. The minimum Gasteiger partial charge on any atom is -0.356 e. The molecule has 0 aliphatic carbocycles. The lowest BCUT2D eigenvalue weighted by molar-refractivity contribution is 0.579. The fourth-order valence-electron chi connectivity index (χ4n) is 2.48. The summed E-state index contributed by atoms with van der Waals surface area (Å²) in [6.45, 7) is 4.01. The summed E-state index contributed by atoms with van der Waals surface area (Å²) in [5.74, 6) is 0.781. The minimum atomic E-state index is -3.13. The molecule has 3 N–H and O–H groups in total. The maximum atomic E-state index is 11.4. The molecule has 10 heteroatoms. The summed E-state index contributed by atoms with van der Waals surface area (Å²) in [6.07, 6.45) is 4.39. The molecular formula is C18H29IN6O2S. The first-order valence-electron chi connectivity index (χ1n) is 9.00. The van der Waals surface area contributed by atoms with Crippen LogP contribution in [0.5, 0.6) is 0 Å². The van der Waals surface area contributed by atoms with Gasteiger partial charge in [0.05, 0.1) is 12.3 Å². The number of nitrogens with one attached hydrogen (secondary N) is 3. The summed E-state index contributed by atoms with van der Waals surface area (Å²) in [6, 6.07) is 10.1. The Kier molecular flexibility index (Phi) is 11.1. The molecule has 156 valence electrons. The van der Waals surface area contributed by atoms with E-state index in [0.717, 1.165) is 0 Å². The number of rotatable bonds is 10. The molecule has 0 saturated heterocycles. The predicted octanol–water partition coefficient (Wildman–Crippen LogP) is 1.54. The molecule has 0 radical (unpaired) electrons. The van der Waals surface area contributed by atoms with Gasteiger partial charge in [0.1, 0.15) is 0 Å². The van der Waals surface area contributed by atoms with Gasteiger partial charge in [-0.15, -0.1) is 24.0 Å². The second-order valence-corrected chi connectivity index (χ2v) is 8.07. The Morgan fingerprint density at radius 1 is 1.14 bits per heavy atom. The Hall–Kier alpha value is -1.66. The average molecular weight is 520 g/mol. The Labute approximate surface area is 184 Å². The lowest BCUT2D eigenvalue weighted by atomic mass is 10.1. The Morgan fingerprint density at radius 2 is 1.89 bits per heavy atom. The van der Waals surface area contributed by atoms with E-state index in [-0.39, 0.29) is 29.7 Å². The van der Waals surface area contributed by atoms with Crippen LogP contribution in [-0.4, -0.2) is 50.0 Å². The molecule has 1 aromatic heterocycles. The third-order valence-electron chi connectivity index (χ3n) is 4.03. The fraction of sp³-hybridized carbons (Fsp3) is 0.444. The number of hydrogen-bond donors (Lipinski definition) is 3. The van der Waals surface area contributed by atoms with Crippen molar-refractivity contribution in [3.05, 3.63) is 53.9 Å². The van der Waals surface area contributed by atoms with Crippen LogP contribution >= 0.6 is 24.0 Å². The predicted molar refractivity (Wildman–Crippen MR) is 123 cm³/mol. The third kappa shape index (κ3) is 8.57. The van der Waals surface area contributed by atoms with Gasteiger partial charge in [0.15, 0.2) is 5.96 Å². The molecule has 2 aromatic rings. The maximum Gasteiger partial charge on any atom is 0.211 e. The number of benzene rings is 1. The van der Waals surface area contributed by atoms with Gasteiger partial charge in [-0.3, -0.25) is 9.67 Å². The Bertz CT molecular complexity index is 824. The van der Waals surface area contributed by atoms with Crippen LogP contribution in [0.15, 0.2) is 47.7 Å². The van der Waals surface area contributed by atoms with Crippen LogP contribution < -0.4 is 15.4 Å². The molecule has 0 atom stereocenters. The van der Waals surface area contributed by atoms with Gasteiger partial charge in [-0.1, -0.05) is 24.3 Å². The van der Waals surface area contributed by atoms with Crippen molar-refractivity contribution in [3.8, 4) is 0 Å². The van der Waals surface area contributed by atoms with Crippen molar-refractivity contribution < 1.29 is 8.42 Å².